The maximum Gasteiger partial charge on any atom is 0.338 e. The number of amides is 1. The fourth-order valence-corrected chi connectivity index (χ4v) is 3.80. The topological polar surface area (TPSA) is 116 Å². The molecule has 1 aromatic carbocycles. The van der Waals surface area contributed by atoms with Gasteiger partial charge in [-0.3, -0.25) is 4.79 Å². The van der Waals surface area contributed by atoms with Crippen molar-refractivity contribution in [3.05, 3.63) is 29.1 Å². The van der Waals surface area contributed by atoms with Crippen LogP contribution >= 0.6 is 0 Å². The number of nitrogens with one attached hydrogen (secondary N) is 1. The summed E-state index contributed by atoms with van der Waals surface area (Å²) in [4.78, 5) is 24.9. The van der Waals surface area contributed by atoms with Gasteiger partial charge in [-0.1, -0.05) is 0 Å². The number of rotatable bonds is 6. The molecule has 1 atom stereocenters. The number of aromatic carboxylic acids is 1. The molecule has 1 heterocycles. The Balaban J connectivity index is 2.32. The lowest BCUT2D eigenvalue weighted by molar-refractivity contribution is 0.0691. The summed E-state index contributed by atoms with van der Waals surface area (Å²) < 4.78 is 46.7. The number of carbonyl (C=O) groups is 2. The second kappa shape index (κ2) is 7.56. The summed E-state index contributed by atoms with van der Waals surface area (Å²) in [7, 11) is 0.375. The van der Waals surface area contributed by atoms with Gasteiger partial charge >= 0.3 is 16.2 Å². The third-order valence-electron chi connectivity index (χ3n) is 4.04. The molecule has 26 heavy (non-hydrogen) atoms. The van der Waals surface area contributed by atoms with Crippen molar-refractivity contribution in [3.63, 3.8) is 0 Å². The predicted molar refractivity (Wildman–Crippen MR) is 91.1 cm³/mol. The Morgan fingerprint density at radius 2 is 2.00 bits per heavy atom. The molecule has 1 saturated heterocycles. The van der Waals surface area contributed by atoms with E-state index in [1.165, 1.54) is 26.1 Å². The van der Waals surface area contributed by atoms with Crippen molar-refractivity contribution in [1.29, 1.82) is 0 Å². The highest BCUT2D eigenvalue weighted by molar-refractivity contribution is 7.87. The smallest absolute Gasteiger partial charge is 0.338 e. The van der Waals surface area contributed by atoms with Gasteiger partial charge in [0.2, 0.25) is 0 Å². The van der Waals surface area contributed by atoms with E-state index in [2.05, 4.69) is 0 Å². The van der Waals surface area contributed by atoms with Gasteiger partial charge < -0.3 is 14.7 Å². The van der Waals surface area contributed by atoms with Gasteiger partial charge in [0, 0.05) is 34.3 Å². The molecule has 0 radical (unpaired) electrons. The third-order valence-corrected chi connectivity index (χ3v) is 5.50. The first-order valence-electron chi connectivity index (χ1n) is 7.66. The number of carboxylic acids is 1. The number of halogens is 1. The fraction of sp³-hybridized carbons (Fsp3) is 0.467. The van der Waals surface area contributed by atoms with Gasteiger partial charge in [0.25, 0.3) is 5.91 Å². The normalized spacial score (nSPS) is 17.9. The maximum atomic E-state index is 14.0. The highest BCUT2D eigenvalue weighted by Crippen LogP contribution is 2.24. The van der Waals surface area contributed by atoms with Crippen LogP contribution in [0, 0.1) is 5.82 Å². The maximum absolute atomic E-state index is 14.0. The van der Waals surface area contributed by atoms with Crippen LogP contribution in [0.25, 0.3) is 0 Å². The summed E-state index contributed by atoms with van der Waals surface area (Å²) in [5.41, 5.74) is -0.827. The lowest BCUT2D eigenvalue weighted by Gasteiger charge is -2.20. The highest BCUT2D eigenvalue weighted by atomic mass is 32.2. The van der Waals surface area contributed by atoms with Crippen LogP contribution in [-0.4, -0.2) is 70.1 Å². The van der Waals surface area contributed by atoms with Crippen LogP contribution in [-0.2, 0) is 14.9 Å². The molecular formula is C15H20FN3O6S. The van der Waals surface area contributed by atoms with Gasteiger partial charge in [-0.05, 0) is 18.6 Å². The molecule has 2 N–H and O–H groups in total. The van der Waals surface area contributed by atoms with E-state index < -0.39 is 33.5 Å². The average Bonchev–Trinajstić information content (AvgIpc) is 3.03. The van der Waals surface area contributed by atoms with Gasteiger partial charge in [0.05, 0.1) is 22.9 Å². The van der Waals surface area contributed by atoms with Gasteiger partial charge in [-0.2, -0.15) is 12.7 Å². The molecule has 2 rings (SSSR count). The van der Waals surface area contributed by atoms with Crippen LogP contribution in [0.2, 0.25) is 0 Å². The summed E-state index contributed by atoms with van der Waals surface area (Å²) in [6.45, 7) is 0.292. The van der Waals surface area contributed by atoms with Gasteiger partial charge in [-0.25, -0.2) is 13.9 Å². The number of methoxy groups -OCH3 is 1. The minimum Gasteiger partial charge on any atom is -0.478 e. The molecule has 0 aromatic heterocycles. The Kier molecular flexibility index (Phi) is 5.84. The molecule has 1 aromatic rings. The molecule has 0 saturated carbocycles. The van der Waals surface area contributed by atoms with Gasteiger partial charge in [0.1, 0.15) is 5.82 Å². The number of nitrogens with zero attached hydrogens (tertiary/aromatic N) is 2. The van der Waals surface area contributed by atoms with Crippen molar-refractivity contribution in [2.24, 2.45) is 0 Å². The molecule has 0 aliphatic carbocycles. The van der Waals surface area contributed by atoms with Crippen molar-refractivity contribution in [3.8, 4) is 0 Å². The highest BCUT2D eigenvalue weighted by Gasteiger charge is 2.33. The van der Waals surface area contributed by atoms with Crippen molar-refractivity contribution >= 4 is 27.8 Å². The Bertz CT molecular complexity index is 827. The van der Waals surface area contributed by atoms with Crippen LogP contribution < -0.4 is 9.62 Å². The molecule has 144 valence electrons. The number of hydrogen-bond donors (Lipinski definition) is 2. The summed E-state index contributed by atoms with van der Waals surface area (Å²) in [5, 5.41) is 9.01. The summed E-state index contributed by atoms with van der Waals surface area (Å²) in [6, 6.07) is 1.70. The Morgan fingerprint density at radius 1 is 1.35 bits per heavy atom. The first-order valence-corrected chi connectivity index (χ1v) is 9.10. The number of anilines is 1. The van der Waals surface area contributed by atoms with Crippen molar-refractivity contribution in [2.75, 3.05) is 39.2 Å². The Hall–Kier alpha value is -2.24. The number of hydrogen-bond acceptors (Lipinski definition) is 6. The summed E-state index contributed by atoms with van der Waals surface area (Å²) in [6.07, 6.45) is 0.238. The van der Waals surface area contributed by atoms with Crippen LogP contribution in [0.4, 0.5) is 10.1 Å². The second-order valence-corrected chi connectivity index (χ2v) is 7.66. The zero-order chi connectivity index (χ0) is 19.6. The van der Waals surface area contributed by atoms with Crippen molar-refractivity contribution in [1.82, 2.24) is 9.03 Å². The van der Waals surface area contributed by atoms with Crippen LogP contribution in [0.1, 0.15) is 27.1 Å². The molecule has 0 unspecified atom stereocenters. The standard InChI is InChI=1S/C15H20FN3O6S/c1-18(2)13-7-10(15(21)22)12(16)6-11(13)14(20)17-26(23,24)19-5-4-9(8-19)25-3/h6-7,9H,4-5,8H2,1-3H3,(H,17,20)(H,21,22)/t9-/m1/s1. The van der Waals surface area contributed by atoms with Gasteiger partial charge in [-0.15, -0.1) is 0 Å². The average molecular weight is 389 g/mol. The lowest BCUT2D eigenvalue weighted by atomic mass is 10.1. The van der Waals surface area contributed by atoms with E-state index in [9.17, 15) is 22.4 Å². The SMILES string of the molecule is CO[C@@H]1CCN(S(=O)(=O)NC(=O)c2cc(F)c(C(=O)O)cc2N(C)C)C1. The Morgan fingerprint density at radius 3 is 2.50 bits per heavy atom. The quantitative estimate of drug-likeness (QED) is 0.718. The molecule has 1 aliphatic rings. The van der Waals surface area contributed by atoms with Crippen LogP contribution in [0.3, 0.4) is 0 Å². The minimum absolute atomic E-state index is 0.0766. The summed E-state index contributed by atoms with van der Waals surface area (Å²) >= 11 is 0. The van der Waals surface area contributed by atoms with E-state index >= 15 is 0 Å². The Labute approximate surface area is 150 Å². The molecule has 1 fully saturated rings. The first kappa shape index (κ1) is 20.1. The third kappa shape index (κ3) is 4.11. The van der Waals surface area contributed by atoms with E-state index in [4.69, 9.17) is 9.84 Å². The van der Waals surface area contributed by atoms with E-state index in [1.54, 1.807) is 0 Å². The molecule has 1 amide bonds. The largest absolute Gasteiger partial charge is 0.478 e. The molecule has 11 heteroatoms. The predicted octanol–water partition coefficient (Wildman–Crippen LogP) is 0.285. The second-order valence-electron chi connectivity index (χ2n) is 5.99. The monoisotopic (exact) mass is 389 g/mol. The number of carbonyl (C=O) groups excluding carboxylic acids is 1. The molecule has 0 spiro atoms. The minimum atomic E-state index is -4.14. The van der Waals surface area contributed by atoms with E-state index in [0.29, 0.717) is 12.5 Å². The number of benzene rings is 1. The molecule has 1 aliphatic heterocycles. The number of carboxylic acid groups (broad SMARTS) is 1. The first-order chi connectivity index (χ1) is 12.1. The number of ether oxygens (including phenoxy) is 1. The zero-order valence-electron chi connectivity index (χ0n) is 14.5. The summed E-state index contributed by atoms with van der Waals surface area (Å²) in [5.74, 6) is -3.68. The van der Waals surface area contributed by atoms with Crippen molar-refractivity contribution < 1.29 is 32.2 Å². The van der Waals surface area contributed by atoms with Crippen LogP contribution in [0.5, 0.6) is 0 Å². The lowest BCUT2D eigenvalue weighted by Crippen LogP contribution is -2.43. The zero-order valence-corrected chi connectivity index (χ0v) is 15.3. The fourth-order valence-electron chi connectivity index (χ4n) is 2.62. The van der Waals surface area contributed by atoms with E-state index in [1.807, 2.05) is 4.72 Å². The van der Waals surface area contributed by atoms with Gasteiger partial charge in [0.15, 0.2) is 0 Å². The molecular weight excluding hydrogens is 369 g/mol. The molecule has 0 bridgehead atoms. The molecule has 9 nitrogen and oxygen atoms in total. The van der Waals surface area contributed by atoms with E-state index in [-0.39, 0.29) is 30.4 Å². The van der Waals surface area contributed by atoms with Crippen LogP contribution in [0.15, 0.2) is 12.1 Å². The van der Waals surface area contributed by atoms with Crippen molar-refractivity contribution in [2.45, 2.75) is 12.5 Å². The van der Waals surface area contributed by atoms with E-state index in [0.717, 1.165) is 10.4 Å².